The van der Waals surface area contributed by atoms with E-state index in [-0.39, 0.29) is 11.9 Å². The van der Waals surface area contributed by atoms with E-state index >= 15 is 0 Å². The minimum absolute atomic E-state index is 0.0374. The van der Waals surface area contributed by atoms with Gasteiger partial charge in [-0.25, -0.2) is 4.39 Å². The van der Waals surface area contributed by atoms with Crippen LogP contribution in [0.3, 0.4) is 0 Å². The monoisotopic (exact) mass is 352 g/mol. The Kier molecular flexibility index (Phi) is 5.49. The number of hydrogen-bond acceptors (Lipinski definition) is 2. The number of hydrogen-bond donors (Lipinski definition) is 0. The highest BCUT2D eigenvalue weighted by molar-refractivity contribution is 14.1. The van der Waals surface area contributed by atoms with Gasteiger partial charge in [-0.1, -0.05) is 13.8 Å². The Morgan fingerprint density at radius 3 is 2.41 bits per heavy atom. The maximum Gasteiger partial charge on any atom is 0.175 e. The zero-order valence-electron chi connectivity index (χ0n) is 10.6. The van der Waals surface area contributed by atoms with Crippen LogP contribution in [0.25, 0.3) is 0 Å². The Hall–Kier alpha value is -0.520. The summed E-state index contributed by atoms with van der Waals surface area (Å²) in [5, 5.41) is 0. The summed E-state index contributed by atoms with van der Waals surface area (Å²) >= 11 is 2.06. The van der Waals surface area contributed by atoms with E-state index in [2.05, 4.69) is 22.6 Å². The van der Waals surface area contributed by atoms with E-state index in [1.54, 1.807) is 0 Å². The van der Waals surface area contributed by atoms with E-state index in [4.69, 9.17) is 9.47 Å². The molecule has 0 aliphatic carbocycles. The first-order valence-corrected chi connectivity index (χ1v) is 6.76. The topological polar surface area (TPSA) is 18.5 Å². The fourth-order valence-electron chi connectivity index (χ4n) is 1.25. The highest BCUT2D eigenvalue weighted by Crippen LogP contribution is 2.34. The first-order chi connectivity index (χ1) is 7.90. The lowest BCUT2D eigenvalue weighted by molar-refractivity contribution is 0.209. The Bertz CT molecular complexity index is 378. The van der Waals surface area contributed by atoms with Crippen LogP contribution in [0.1, 0.15) is 27.7 Å². The van der Waals surface area contributed by atoms with Gasteiger partial charge in [0, 0.05) is 6.07 Å². The summed E-state index contributed by atoms with van der Waals surface area (Å²) in [6.45, 7) is 8.52. The Labute approximate surface area is 116 Å². The van der Waals surface area contributed by atoms with Gasteiger partial charge in [0.1, 0.15) is 5.82 Å². The van der Waals surface area contributed by atoms with E-state index in [0.29, 0.717) is 24.0 Å². The highest BCUT2D eigenvalue weighted by atomic mass is 127. The van der Waals surface area contributed by atoms with Gasteiger partial charge >= 0.3 is 0 Å². The molecule has 0 heterocycles. The van der Waals surface area contributed by atoms with Crippen LogP contribution in [0.4, 0.5) is 4.39 Å². The van der Waals surface area contributed by atoms with Gasteiger partial charge in [0.2, 0.25) is 0 Å². The van der Waals surface area contributed by atoms with Crippen molar-refractivity contribution < 1.29 is 13.9 Å². The van der Waals surface area contributed by atoms with Crippen LogP contribution in [0, 0.1) is 15.3 Å². The van der Waals surface area contributed by atoms with Crippen LogP contribution < -0.4 is 9.47 Å². The van der Waals surface area contributed by atoms with Crippen molar-refractivity contribution in [3.8, 4) is 11.5 Å². The molecule has 0 N–H and O–H groups in total. The Morgan fingerprint density at radius 2 is 1.88 bits per heavy atom. The second kappa shape index (κ2) is 6.42. The summed E-state index contributed by atoms with van der Waals surface area (Å²) in [6, 6.07) is 2.82. The second-order valence-electron chi connectivity index (χ2n) is 4.59. The van der Waals surface area contributed by atoms with Crippen molar-refractivity contribution in [3.63, 3.8) is 0 Å². The van der Waals surface area contributed by atoms with Crippen molar-refractivity contribution in [3.05, 3.63) is 21.5 Å². The third-order valence-electron chi connectivity index (χ3n) is 1.90. The van der Waals surface area contributed by atoms with Crippen molar-refractivity contribution in [2.75, 3.05) is 6.61 Å². The van der Waals surface area contributed by atoms with Crippen LogP contribution in [-0.2, 0) is 0 Å². The van der Waals surface area contributed by atoms with Crippen molar-refractivity contribution in [2.45, 2.75) is 33.8 Å². The molecule has 4 heteroatoms. The van der Waals surface area contributed by atoms with Gasteiger partial charge in [-0.15, -0.1) is 0 Å². The fourth-order valence-corrected chi connectivity index (χ4v) is 1.94. The van der Waals surface area contributed by atoms with Crippen LogP contribution in [0.15, 0.2) is 12.1 Å². The molecule has 0 spiro atoms. The molecule has 0 unspecified atom stereocenters. The molecule has 0 aliphatic rings. The molecule has 0 fully saturated rings. The summed E-state index contributed by atoms with van der Waals surface area (Å²) in [5.74, 6) is 1.20. The summed E-state index contributed by atoms with van der Waals surface area (Å²) < 4.78 is 25.3. The van der Waals surface area contributed by atoms with E-state index in [1.807, 2.05) is 27.7 Å². The van der Waals surface area contributed by atoms with Crippen LogP contribution >= 0.6 is 22.6 Å². The molecule has 0 atom stereocenters. The average Bonchev–Trinajstić information content (AvgIpc) is 2.18. The SMILES string of the molecule is CC(C)COc1cc(F)cc(I)c1OC(C)C. The fraction of sp³-hybridized carbons (Fsp3) is 0.538. The molecule has 0 radical (unpaired) electrons. The molecule has 0 bridgehead atoms. The lowest BCUT2D eigenvalue weighted by Crippen LogP contribution is -2.11. The van der Waals surface area contributed by atoms with Crippen molar-refractivity contribution in [2.24, 2.45) is 5.92 Å². The molecule has 96 valence electrons. The predicted molar refractivity (Wildman–Crippen MR) is 75.2 cm³/mol. The third kappa shape index (κ3) is 4.69. The Balaban J connectivity index is 2.98. The van der Waals surface area contributed by atoms with E-state index in [9.17, 15) is 4.39 Å². The molecule has 1 aromatic rings. The third-order valence-corrected chi connectivity index (χ3v) is 2.70. The maximum absolute atomic E-state index is 13.3. The van der Waals surface area contributed by atoms with Gasteiger partial charge in [-0.05, 0) is 48.4 Å². The van der Waals surface area contributed by atoms with Crippen molar-refractivity contribution >= 4 is 22.6 Å². The molecule has 0 aromatic heterocycles. The molecular weight excluding hydrogens is 334 g/mol. The predicted octanol–water partition coefficient (Wildman–Crippen LogP) is 4.25. The molecule has 1 aromatic carbocycles. The standard InChI is InChI=1S/C13H18FIO2/c1-8(2)7-16-12-6-10(14)5-11(15)13(12)17-9(3)4/h5-6,8-9H,7H2,1-4H3. The quantitative estimate of drug-likeness (QED) is 0.738. The molecule has 0 aliphatic heterocycles. The van der Waals surface area contributed by atoms with Crippen LogP contribution in [0.5, 0.6) is 11.5 Å². The second-order valence-corrected chi connectivity index (χ2v) is 5.75. The molecule has 2 nitrogen and oxygen atoms in total. The molecule has 0 saturated carbocycles. The average molecular weight is 352 g/mol. The molecule has 1 rings (SSSR count). The minimum Gasteiger partial charge on any atom is -0.489 e. The first-order valence-electron chi connectivity index (χ1n) is 5.68. The van der Waals surface area contributed by atoms with Gasteiger partial charge < -0.3 is 9.47 Å². The van der Waals surface area contributed by atoms with Gasteiger partial charge in [0.25, 0.3) is 0 Å². The molecular formula is C13H18FIO2. The Morgan fingerprint density at radius 1 is 1.24 bits per heavy atom. The normalized spacial score (nSPS) is 11.1. The van der Waals surface area contributed by atoms with Crippen LogP contribution in [0.2, 0.25) is 0 Å². The number of benzene rings is 1. The minimum atomic E-state index is -0.302. The molecule has 0 amide bonds. The van der Waals surface area contributed by atoms with Crippen molar-refractivity contribution in [1.29, 1.82) is 0 Å². The first kappa shape index (κ1) is 14.5. The molecule has 17 heavy (non-hydrogen) atoms. The summed E-state index contributed by atoms with van der Waals surface area (Å²) in [4.78, 5) is 0. The lowest BCUT2D eigenvalue weighted by Gasteiger charge is -2.17. The lowest BCUT2D eigenvalue weighted by atomic mass is 10.2. The highest BCUT2D eigenvalue weighted by Gasteiger charge is 2.14. The summed E-state index contributed by atoms with van der Waals surface area (Å²) in [7, 11) is 0. The van der Waals surface area contributed by atoms with E-state index < -0.39 is 0 Å². The van der Waals surface area contributed by atoms with E-state index in [0.717, 1.165) is 3.57 Å². The molecule has 0 saturated heterocycles. The van der Waals surface area contributed by atoms with Crippen molar-refractivity contribution in [1.82, 2.24) is 0 Å². The summed E-state index contributed by atoms with van der Waals surface area (Å²) in [5.41, 5.74) is 0. The van der Waals surface area contributed by atoms with Gasteiger partial charge in [-0.2, -0.15) is 0 Å². The largest absolute Gasteiger partial charge is 0.489 e. The zero-order chi connectivity index (χ0) is 13.0. The van der Waals surface area contributed by atoms with Crippen LogP contribution in [-0.4, -0.2) is 12.7 Å². The summed E-state index contributed by atoms with van der Waals surface area (Å²) in [6.07, 6.45) is 0.0374. The van der Waals surface area contributed by atoms with Gasteiger partial charge in [0.15, 0.2) is 11.5 Å². The number of rotatable bonds is 5. The van der Waals surface area contributed by atoms with Gasteiger partial charge in [0.05, 0.1) is 16.3 Å². The number of ether oxygens (including phenoxy) is 2. The van der Waals surface area contributed by atoms with E-state index in [1.165, 1.54) is 12.1 Å². The zero-order valence-corrected chi connectivity index (χ0v) is 12.7. The maximum atomic E-state index is 13.3. The van der Waals surface area contributed by atoms with Gasteiger partial charge in [-0.3, -0.25) is 0 Å². The smallest absolute Gasteiger partial charge is 0.175 e. The number of halogens is 2.